The number of hydrogen-bond donors (Lipinski definition) is 19. The number of amides is 11. The zero-order valence-corrected chi connectivity index (χ0v) is 51.7. The second kappa shape index (κ2) is 43.3. The summed E-state index contributed by atoms with van der Waals surface area (Å²) in [6.07, 6.45) is 0.0313. The van der Waals surface area contributed by atoms with Crippen molar-refractivity contribution in [2.45, 2.75) is 204 Å². The molecule has 88 heavy (non-hydrogen) atoms. The summed E-state index contributed by atoms with van der Waals surface area (Å²) in [7, 11) is 0. The molecule has 0 spiro atoms. The van der Waals surface area contributed by atoms with E-state index in [-0.39, 0.29) is 90.0 Å². The van der Waals surface area contributed by atoms with Gasteiger partial charge in [-0.2, -0.15) is 0 Å². The monoisotopic (exact) mass is 1250 g/mol. The van der Waals surface area contributed by atoms with E-state index in [1.54, 1.807) is 44.2 Å². The Morgan fingerprint density at radius 2 is 1.03 bits per heavy atom. The molecule has 0 bridgehead atoms. The number of benzene rings is 1. The van der Waals surface area contributed by atoms with Crippen molar-refractivity contribution in [1.82, 2.24) is 58.5 Å². The van der Waals surface area contributed by atoms with Gasteiger partial charge < -0.3 is 102 Å². The fourth-order valence-electron chi connectivity index (χ4n) is 9.03. The van der Waals surface area contributed by atoms with Crippen molar-refractivity contribution in [3.8, 4) is 0 Å². The van der Waals surface area contributed by atoms with Gasteiger partial charge in [-0.25, -0.2) is 0 Å². The fourth-order valence-corrected chi connectivity index (χ4v) is 9.03. The zero-order chi connectivity index (χ0) is 66.5. The van der Waals surface area contributed by atoms with Gasteiger partial charge in [0.2, 0.25) is 65.0 Å². The number of carboxylic acids is 1. The van der Waals surface area contributed by atoms with Crippen molar-refractivity contribution < 1.29 is 72.9 Å². The number of nitrogens with one attached hydrogen (secondary N) is 11. The highest BCUT2D eigenvalue weighted by Gasteiger charge is 2.37. The third-order valence-corrected chi connectivity index (χ3v) is 13.7. The predicted octanol–water partition coefficient (Wildman–Crippen LogP) is -5.40. The number of aliphatic hydroxyl groups excluding tert-OH is 2. The number of carbonyl (C=O) groups is 12. The minimum Gasteiger partial charge on any atom is -0.481 e. The Bertz CT molecular complexity index is 2380. The summed E-state index contributed by atoms with van der Waals surface area (Å²) in [5, 5.41) is 57.0. The Morgan fingerprint density at radius 3 is 1.52 bits per heavy atom. The van der Waals surface area contributed by atoms with E-state index in [0.717, 1.165) is 32.6 Å². The SMILES string of the molecule is CC(=O)O.CCCCCCCC(=O)N[C@@H](CCN)C(=O)N[C@H](C(=O)N[C@@H](CCN)C(=O)N[C@H]1CCNC(=O)[C@H]([C@@H](C)O)NC(=O)[C@H](CCN)NC(=O)[C@H](CCN)NC(=O)[C@H](CC(C)C)NC(=O)[C@@H](Cc2ccccc2)NC(=O)[C@H](CCN)NC1=O)[C@@H](C)O. The number of carboxylic acid groups (broad SMARTS) is 1. The maximum absolute atomic E-state index is 14.5. The molecule has 1 heterocycles. The lowest BCUT2D eigenvalue weighted by Gasteiger charge is -2.29. The van der Waals surface area contributed by atoms with Crippen LogP contribution in [0.5, 0.6) is 0 Å². The van der Waals surface area contributed by atoms with Gasteiger partial charge in [-0.05, 0) is 109 Å². The molecule has 0 radical (unpaired) electrons. The summed E-state index contributed by atoms with van der Waals surface area (Å²) >= 11 is 0. The van der Waals surface area contributed by atoms with Crippen molar-refractivity contribution in [1.29, 1.82) is 0 Å². The summed E-state index contributed by atoms with van der Waals surface area (Å²) in [6, 6.07) is -6.22. The van der Waals surface area contributed by atoms with Gasteiger partial charge in [0.1, 0.15) is 60.4 Å². The van der Waals surface area contributed by atoms with E-state index in [1.807, 2.05) is 0 Å². The van der Waals surface area contributed by atoms with E-state index in [0.29, 0.717) is 12.0 Å². The number of nitrogens with two attached hydrogens (primary N) is 5. The summed E-state index contributed by atoms with van der Waals surface area (Å²) in [4.78, 5) is 163. The van der Waals surface area contributed by atoms with Crippen molar-refractivity contribution in [2.24, 2.45) is 34.6 Å². The lowest BCUT2D eigenvalue weighted by molar-refractivity contribution is -0.137. The lowest BCUT2D eigenvalue weighted by Crippen LogP contribution is -2.62. The molecule has 11 amide bonds. The molecular formula is C57H100N16O15. The van der Waals surface area contributed by atoms with Gasteiger partial charge in [0, 0.05) is 26.3 Å². The van der Waals surface area contributed by atoms with Crippen LogP contribution in [0.1, 0.15) is 131 Å². The molecule has 24 N–H and O–H groups in total. The van der Waals surface area contributed by atoms with E-state index in [2.05, 4.69) is 65.4 Å². The van der Waals surface area contributed by atoms with Gasteiger partial charge in [0.05, 0.1) is 12.2 Å². The maximum Gasteiger partial charge on any atom is 0.300 e. The second-order valence-corrected chi connectivity index (χ2v) is 22.0. The van der Waals surface area contributed by atoms with Crippen molar-refractivity contribution in [2.75, 3.05) is 39.3 Å². The maximum atomic E-state index is 14.5. The number of carbonyl (C=O) groups excluding carboxylic acids is 11. The smallest absolute Gasteiger partial charge is 0.300 e. The van der Waals surface area contributed by atoms with E-state index in [4.69, 9.17) is 38.6 Å². The molecule has 0 aliphatic carbocycles. The molecule has 0 unspecified atom stereocenters. The molecule has 0 aromatic heterocycles. The van der Waals surface area contributed by atoms with Gasteiger partial charge in [-0.15, -0.1) is 0 Å². The van der Waals surface area contributed by atoms with E-state index >= 15 is 0 Å². The second-order valence-electron chi connectivity index (χ2n) is 22.0. The first kappa shape index (κ1) is 78.6. The van der Waals surface area contributed by atoms with Crippen molar-refractivity contribution >= 4 is 70.9 Å². The molecule has 1 aliphatic rings. The first-order valence-corrected chi connectivity index (χ1v) is 30.1. The first-order valence-electron chi connectivity index (χ1n) is 30.1. The molecule has 1 fully saturated rings. The van der Waals surface area contributed by atoms with Gasteiger partial charge in [-0.3, -0.25) is 57.5 Å². The highest BCUT2D eigenvalue weighted by molar-refractivity contribution is 5.99. The molecule has 31 nitrogen and oxygen atoms in total. The molecular weight excluding hydrogens is 1150 g/mol. The Labute approximate surface area is 514 Å². The van der Waals surface area contributed by atoms with Crippen LogP contribution < -0.4 is 87.2 Å². The zero-order valence-electron chi connectivity index (χ0n) is 51.7. The lowest BCUT2D eigenvalue weighted by atomic mass is 10.00. The van der Waals surface area contributed by atoms with Crippen LogP contribution in [0.25, 0.3) is 0 Å². The quantitative estimate of drug-likeness (QED) is 0.0333. The number of aliphatic carboxylic acids is 1. The van der Waals surface area contributed by atoms with E-state index in [9.17, 15) is 63.0 Å². The topological polar surface area (TPSA) is 528 Å². The predicted molar refractivity (Wildman–Crippen MR) is 325 cm³/mol. The Balaban J connectivity index is 0.00000937. The van der Waals surface area contributed by atoms with Gasteiger partial charge in [0.15, 0.2) is 0 Å². The molecule has 1 aromatic rings. The van der Waals surface area contributed by atoms with Gasteiger partial charge >= 0.3 is 0 Å². The molecule has 12 atom stereocenters. The van der Waals surface area contributed by atoms with Crippen molar-refractivity contribution in [3.63, 3.8) is 0 Å². The standard InChI is InChI=1S/C55H96N16O13.C2H4O2/c1-6-7-8-9-13-16-43(74)62-35(17-23-56)50(79)71-45(33(5)73)55(84)67-38(20-26-59)47(76)66-40-22-28-61-54(83)44(32(4)72)70-51(80)39(21-27-60)64-46(75)36(18-24-57)65-52(81)41(29-31(2)3)68-53(82)42(30-34-14-11-10-12-15-34)69-48(77)37(19-25-58)63-49(40)78;1-2(3)4/h10-12,14-15,31-33,35-42,44-45,72-73H,6-9,13,16-30,56-60H2,1-5H3,(H,61,83)(H,62,74)(H,63,78)(H,64,75)(H,65,81)(H,66,76)(H,67,84)(H,68,82)(H,69,77)(H,70,80)(H,71,79);1H3,(H,3,4)/t32-,33-,35+,36+,37+,38+,39+,40+,41+,42-,44+,45+;/m1./s1. The molecule has 31 heteroatoms. The minimum absolute atomic E-state index is 0.0143. The van der Waals surface area contributed by atoms with E-state index < -0.39 is 157 Å². The molecule has 1 aliphatic heterocycles. The molecule has 1 aromatic carbocycles. The average Bonchev–Trinajstić information content (AvgIpc) is 2.20. The largest absolute Gasteiger partial charge is 0.481 e. The molecule has 1 saturated heterocycles. The van der Waals surface area contributed by atoms with Crippen LogP contribution in [-0.2, 0) is 64.0 Å². The normalized spacial score (nSPS) is 21.9. The van der Waals surface area contributed by atoms with E-state index in [1.165, 1.54) is 13.8 Å². The Hall–Kier alpha value is -7.42. The van der Waals surface area contributed by atoms with Gasteiger partial charge in [-0.1, -0.05) is 76.8 Å². The van der Waals surface area contributed by atoms with Crippen LogP contribution in [0.4, 0.5) is 0 Å². The van der Waals surface area contributed by atoms with Crippen LogP contribution in [0.3, 0.4) is 0 Å². The molecule has 498 valence electrons. The van der Waals surface area contributed by atoms with Crippen molar-refractivity contribution in [3.05, 3.63) is 35.9 Å². The third kappa shape index (κ3) is 30.5. The number of aliphatic hydroxyl groups is 2. The van der Waals surface area contributed by atoms with Crippen LogP contribution >= 0.6 is 0 Å². The number of unbranched alkanes of at least 4 members (excludes halogenated alkanes) is 4. The van der Waals surface area contributed by atoms with Gasteiger partial charge in [0.25, 0.3) is 5.97 Å². The van der Waals surface area contributed by atoms with Crippen LogP contribution in [0.15, 0.2) is 30.3 Å². The summed E-state index contributed by atoms with van der Waals surface area (Å²) in [5.74, 6) is -10.8. The summed E-state index contributed by atoms with van der Waals surface area (Å²) in [6.45, 7) is 7.96. The fraction of sp³-hybridized carbons (Fsp3) is 0.684. The molecule has 0 saturated carbocycles. The first-order chi connectivity index (χ1) is 41.7. The van der Waals surface area contributed by atoms with Crippen LogP contribution in [0.2, 0.25) is 0 Å². The number of hydrogen-bond acceptors (Lipinski definition) is 19. The van der Waals surface area contributed by atoms with Crippen LogP contribution in [-0.4, -0.2) is 198 Å². The Kier molecular flexibility index (Phi) is 38.6. The highest BCUT2D eigenvalue weighted by atomic mass is 16.4. The average molecular weight is 1250 g/mol. The number of rotatable bonds is 29. The summed E-state index contributed by atoms with van der Waals surface area (Å²) < 4.78 is 0. The minimum atomic E-state index is -1.70. The molecule has 2 rings (SSSR count). The summed E-state index contributed by atoms with van der Waals surface area (Å²) in [5.41, 5.74) is 29.9. The highest BCUT2D eigenvalue weighted by Crippen LogP contribution is 2.12. The third-order valence-electron chi connectivity index (χ3n) is 13.7. The van der Waals surface area contributed by atoms with Crippen LogP contribution in [0, 0.1) is 5.92 Å². The Morgan fingerprint density at radius 1 is 0.568 bits per heavy atom.